The van der Waals surface area contributed by atoms with Crippen LogP contribution in [0.2, 0.25) is 0 Å². The van der Waals surface area contributed by atoms with Gasteiger partial charge in [0, 0.05) is 41.1 Å². The SMILES string of the molecule is O=C(Nc1nc(CC(=O)N2CCC(c3c[nH]c4ccccc34)CC2)cs1)c1ccccc1. The number of anilines is 1. The summed E-state index contributed by atoms with van der Waals surface area (Å²) in [5, 5.41) is 6.45. The summed E-state index contributed by atoms with van der Waals surface area (Å²) in [5.74, 6) is 0.361. The summed E-state index contributed by atoms with van der Waals surface area (Å²) in [6.07, 6.45) is 4.30. The van der Waals surface area contributed by atoms with Gasteiger partial charge in [-0.05, 0) is 42.5 Å². The van der Waals surface area contributed by atoms with Crippen molar-refractivity contribution in [2.75, 3.05) is 18.4 Å². The maximum Gasteiger partial charge on any atom is 0.257 e. The molecule has 0 unspecified atom stereocenters. The van der Waals surface area contributed by atoms with Gasteiger partial charge < -0.3 is 9.88 Å². The van der Waals surface area contributed by atoms with Crippen molar-refractivity contribution in [1.29, 1.82) is 0 Å². The van der Waals surface area contributed by atoms with Gasteiger partial charge in [0.2, 0.25) is 5.91 Å². The molecule has 3 heterocycles. The highest BCUT2D eigenvalue weighted by atomic mass is 32.1. The number of aromatic amines is 1. The molecule has 6 nitrogen and oxygen atoms in total. The van der Waals surface area contributed by atoms with Crippen molar-refractivity contribution >= 4 is 39.2 Å². The Hall–Kier alpha value is -3.45. The summed E-state index contributed by atoms with van der Waals surface area (Å²) in [6.45, 7) is 1.51. The van der Waals surface area contributed by atoms with Gasteiger partial charge in [0.15, 0.2) is 5.13 Å². The predicted molar refractivity (Wildman–Crippen MR) is 127 cm³/mol. The minimum atomic E-state index is -0.197. The molecule has 1 fully saturated rings. The lowest BCUT2D eigenvalue weighted by Crippen LogP contribution is -2.38. The Kier molecular flexibility index (Phi) is 5.73. The van der Waals surface area contributed by atoms with Crippen LogP contribution in [0.1, 0.15) is 40.4 Å². The first kappa shape index (κ1) is 20.5. The molecule has 0 saturated carbocycles. The van der Waals surface area contributed by atoms with Crippen LogP contribution >= 0.6 is 11.3 Å². The molecule has 0 atom stereocenters. The molecule has 2 N–H and O–H groups in total. The van der Waals surface area contributed by atoms with Gasteiger partial charge in [-0.1, -0.05) is 36.4 Å². The average Bonchev–Trinajstić information content (AvgIpc) is 3.46. The number of nitrogens with zero attached hydrogens (tertiary/aromatic N) is 2. The van der Waals surface area contributed by atoms with E-state index in [1.807, 2.05) is 34.5 Å². The van der Waals surface area contributed by atoms with E-state index in [1.54, 1.807) is 12.1 Å². The van der Waals surface area contributed by atoms with E-state index in [0.29, 0.717) is 22.3 Å². The van der Waals surface area contributed by atoms with Gasteiger partial charge in [-0.25, -0.2) is 4.98 Å². The quantitative estimate of drug-likeness (QED) is 0.463. The number of nitrogens with one attached hydrogen (secondary N) is 2. The molecular weight excluding hydrogens is 420 g/mol. The number of amides is 2. The summed E-state index contributed by atoms with van der Waals surface area (Å²) < 4.78 is 0. The molecule has 4 aromatic rings. The zero-order valence-corrected chi connectivity index (χ0v) is 18.4. The van der Waals surface area contributed by atoms with Crippen LogP contribution in [-0.4, -0.2) is 39.8 Å². The molecule has 0 aliphatic carbocycles. The minimum absolute atomic E-state index is 0.0913. The predicted octanol–water partition coefficient (Wildman–Crippen LogP) is 4.83. The molecule has 5 rings (SSSR count). The fourth-order valence-electron chi connectivity index (χ4n) is 4.34. The molecular formula is C25H24N4O2S. The number of fused-ring (bicyclic) bond motifs is 1. The lowest BCUT2D eigenvalue weighted by molar-refractivity contribution is -0.131. The second-order valence-electron chi connectivity index (χ2n) is 8.09. The number of likely N-dealkylation sites (tertiary alicyclic amines) is 1. The summed E-state index contributed by atoms with van der Waals surface area (Å²) in [6, 6.07) is 17.4. The number of piperidine rings is 1. The summed E-state index contributed by atoms with van der Waals surface area (Å²) in [5.41, 5.74) is 3.80. The van der Waals surface area contributed by atoms with E-state index in [9.17, 15) is 9.59 Å². The van der Waals surface area contributed by atoms with Crippen LogP contribution in [0.15, 0.2) is 66.2 Å². The normalized spacial score (nSPS) is 14.6. The van der Waals surface area contributed by atoms with Crippen molar-refractivity contribution in [3.05, 3.63) is 83.0 Å². The van der Waals surface area contributed by atoms with Gasteiger partial charge >= 0.3 is 0 Å². The first-order chi connectivity index (χ1) is 15.7. The topological polar surface area (TPSA) is 78.1 Å². The zero-order valence-electron chi connectivity index (χ0n) is 17.6. The third-order valence-electron chi connectivity index (χ3n) is 6.05. The van der Waals surface area contributed by atoms with Gasteiger partial charge in [-0.15, -0.1) is 11.3 Å². The van der Waals surface area contributed by atoms with Crippen LogP contribution in [0, 0.1) is 0 Å². The van der Waals surface area contributed by atoms with Gasteiger partial charge in [0.25, 0.3) is 5.91 Å². The number of carbonyl (C=O) groups is 2. The van der Waals surface area contributed by atoms with E-state index in [4.69, 9.17) is 0 Å². The number of benzene rings is 2. The van der Waals surface area contributed by atoms with E-state index in [0.717, 1.165) is 25.9 Å². The van der Waals surface area contributed by atoms with Crippen molar-refractivity contribution in [2.45, 2.75) is 25.2 Å². The van der Waals surface area contributed by atoms with E-state index in [1.165, 1.54) is 27.8 Å². The van der Waals surface area contributed by atoms with E-state index in [2.05, 4.69) is 39.7 Å². The van der Waals surface area contributed by atoms with Crippen molar-refractivity contribution < 1.29 is 9.59 Å². The van der Waals surface area contributed by atoms with E-state index >= 15 is 0 Å². The molecule has 2 aromatic heterocycles. The van der Waals surface area contributed by atoms with E-state index in [-0.39, 0.29) is 18.2 Å². The van der Waals surface area contributed by atoms with Crippen LogP contribution in [-0.2, 0) is 11.2 Å². The van der Waals surface area contributed by atoms with Gasteiger partial charge in [0.1, 0.15) is 0 Å². The van der Waals surface area contributed by atoms with Crippen molar-refractivity contribution in [3.8, 4) is 0 Å². The molecule has 162 valence electrons. The van der Waals surface area contributed by atoms with Gasteiger partial charge in [-0.3, -0.25) is 14.9 Å². The van der Waals surface area contributed by atoms with E-state index < -0.39 is 0 Å². The molecule has 0 bridgehead atoms. The van der Waals surface area contributed by atoms with Crippen LogP contribution in [0.25, 0.3) is 10.9 Å². The molecule has 1 aliphatic rings. The first-order valence-electron chi connectivity index (χ1n) is 10.8. The Balaban J connectivity index is 1.16. The molecule has 0 radical (unpaired) electrons. The molecule has 2 amide bonds. The number of H-pyrrole nitrogens is 1. The second kappa shape index (κ2) is 8.96. The Morgan fingerprint density at radius 1 is 1.06 bits per heavy atom. The van der Waals surface area contributed by atoms with Crippen LogP contribution in [0.3, 0.4) is 0 Å². The monoisotopic (exact) mass is 444 g/mol. The highest BCUT2D eigenvalue weighted by molar-refractivity contribution is 7.14. The average molecular weight is 445 g/mol. The maximum atomic E-state index is 12.8. The largest absolute Gasteiger partial charge is 0.361 e. The summed E-state index contributed by atoms with van der Waals surface area (Å²) in [4.78, 5) is 34.8. The highest BCUT2D eigenvalue weighted by Gasteiger charge is 2.26. The zero-order chi connectivity index (χ0) is 21.9. The summed E-state index contributed by atoms with van der Waals surface area (Å²) in [7, 11) is 0. The van der Waals surface area contributed by atoms with Crippen molar-refractivity contribution in [3.63, 3.8) is 0 Å². The fourth-order valence-corrected chi connectivity index (χ4v) is 5.05. The maximum absolute atomic E-state index is 12.8. The third kappa shape index (κ3) is 4.29. The Labute approximate surface area is 190 Å². The minimum Gasteiger partial charge on any atom is -0.361 e. The van der Waals surface area contributed by atoms with Gasteiger partial charge in [0.05, 0.1) is 12.1 Å². The third-order valence-corrected chi connectivity index (χ3v) is 6.86. The molecule has 1 saturated heterocycles. The molecule has 2 aromatic carbocycles. The number of hydrogen-bond acceptors (Lipinski definition) is 4. The lowest BCUT2D eigenvalue weighted by atomic mass is 9.89. The smallest absolute Gasteiger partial charge is 0.257 e. The number of aromatic nitrogens is 2. The number of carbonyl (C=O) groups excluding carboxylic acids is 2. The second-order valence-corrected chi connectivity index (χ2v) is 8.94. The lowest BCUT2D eigenvalue weighted by Gasteiger charge is -2.32. The number of hydrogen-bond donors (Lipinski definition) is 2. The fraction of sp³-hybridized carbons (Fsp3) is 0.240. The molecule has 7 heteroatoms. The van der Waals surface area contributed by atoms with Crippen molar-refractivity contribution in [2.24, 2.45) is 0 Å². The number of rotatable bonds is 5. The van der Waals surface area contributed by atoms with Crippen LogP contribution in [0.4, 0.5) is 5.13 Å². The Morgan fingerprint density at radius 3 is 2.62 bits per heavy atom. The molecule has 1 aliphatic heterocycles. The molecule has 32 heavy (non-hydrogen) atoms. The van der Waals surface area contributed by atoms with Gasteiger partial charge in [-0.2, -0.15) is 0 Å². The first-order valence-corrected chi connectivity index (χ1v) is 11.7. The Morgan fingerprint density at radius 2 is 1.81 bits per heavy atom. The number of para-hydroxylation sites is 1. The Bertz CT molecular complexity index is 1240. The van der Waals surface area contributed by atoms with Crippen LogP contribution < -0.4 is 5.32 Å². The van der Waals surface area contributed by atoms with Crippen molar-refractivity contribution in [1.82, 2.24) is 14.9 Å². The highest BCUT2D eigenvalue weighted by Crippen LogP contribution is 2.33. The summed E-state index contributed by atoms with van der Waals surface area (Å²) >= 11 is 1.34. The van der Waals surface area contributed by atoms with Crippen LogP contribution in [0.5, 0.6) is 0 Å². The molecule has 0 spiro atoms. The standard InChI is InChI=1S/C25H24N4O2S/c30-23(14-19-16-32-25(27-19)28-24(31)18-6-2-1-3-7-18)29-12-10-17(11-13-29)21-15-26-22-9-5-4-8-20(21)22/h1-9,15-17,26H,10-14H2,(H,27,28,31). The number of thiazole rings is 1.